The van der Waals surface area contributed by atoms with Crippen molar-refractivity contribution in [1.29, 1.82) is 0 Å². The number of carbonyl (C=O) groups is 1. The number of ether oxygens (including phenoxy) is 3. The van der Waals surface area contributed by atoms with Gasteiger partial charge in [-0.25, -0.2) is 0 Å². The summed E-state index contributed by atoms with van der Waals surface area (Å²) < 4.78 is 17.3. The molecule has 7 heteroatoms. The highest BCUT2D eigenvalue weighted by Crippen LogP contribution is 2.42. The summed E-state index contributed by atoms with van der Waals surface area (Å²) in [7, 11) is 4.22. The third-order valence-electron chi connectivity index (χ3n) is 6.58. The molecule has 1 aromatic rings. The number of likely N-dealkylation sites (N-methyl/N-ethyl adjacent to an activating group) is 2. The Balaban J connectivity index is 1.66. The highest BCUT2D eigenvalue weighted by Gasteiger charge is 2.48. The van der Waals surface area contributed by atoms with E-state index in [1.165, 1.54) is 0 Å². The first kappa shape index (κ1) is 23.3. The fourth-order valence-corrected chi connectivity index (χ4v) is 4.83. The van der Waals surface area contributed by atoms with Gasteiger partial charge in [-0.1, -0.05) is 17.7 Å². The summed E-state index contributed by atoms with van der Waals surface area (Å²) in [6.45, 7) is 7.27. The minimum Gasteiger partial charge on any atom is -0.492 e. The maximum atomic E-state index is 13.1. The van der Waals surface area contributed by atoms with Gasteiger partial charge in [0.25, 0.3) is 0 Å². The van der Waals surface area contributed by atoms with Gasteiger partial charge in [0.2, 0.25) is 5.91 Å². The number of benzene rings is 1. The minimum absolute atomic E-state index is 0.0668. The molecule has 1 spiro atoms. The van der Waals surface area contributed by atoms with Crippen molar-refractivity contribution in [1.82, 2.24) is 9.80 Å². The van der Waals surface area contributed by atoms with Crippen LogP contribution >= 0.6 is 11.6 Å². The average Bonchev–Trinajstić information content (AvgIpc) is 3.18. The van der Waals surface area contributed by atoms with Gasteiger partial charge in [-0.05, 0) is 58.5 Å². The second-order valence-corrected chi connectivity index (χ2v) is 8.92. The van der Waals surface area contributed by atoms with Crippen LogP contribution in [0.1, 0.15) is 45.1 Å². The van der Waals surface area contributed by atoms with Crippen molar-refractivity contribution < 1.29 is 19.0 Å². The number of carbonyl (C=O) groups excluding carboxylic acids is 1. The number of amides is 1. The van der Waals surface area contributed by atoms with E-state index in [-0.39, 0.29) is 11.4 Å². The molecule has 1 aliphatic heterocycles. The molecule has 0 aromatic heterocycles. The Labute approximate surface area is 185 Å². The van der Waals surface area contributed by atoms with E-state index in [0.29, 0.717) is 50.1 Å². The van der Waals surface area contributed by atoms with Crippen molar-refractivity contribution in [2.24, 2.45) is 0 Å². The second kappa shape index (κ2) is 9.86. The Kier molecular flexibility index (Phi) is 7.66. The van der Waals surface area contributed by atoms with Crippen LogP contribution < -0.4 is 4.74 Å². The number of rotatable bonds is 8. The zero-order valence-electron chi connectivity index (χ0n) is 18.7. The first-order chi connectivity index (χ1) is 14.3. The molecule has 3 rings (SSSR count). The molecular formula is C23H35ClN2O4. The summed E-state index contributed by atoms with van der Waals surface area (Å²) >= 11 is 6.30. The molecule has 1 amide bonds. The van der Waals surface area contributed by atoms with Crippen LogP contribution in [0.3, 0.4) is 0 Å². The van der Waals surface area contributed by atoms with Gasteiger partial charge in [0, 0.05) is 31.5 Å². The predicted molar refractivity (Wildman–Crippen MR) is 118 cm³/mol. The van der Waals surface area contributed by atoms with Crippen LogP contribution in [0, 0.1) is 0 Å². The molecule has 1 aliphatic carbocycles. The number of nitrogens with zero attached hydrogens (tertiary/aromatic N) is 2. The predicted octanol–water partition coefficient (Wildman–Crippen LogP) is 3.75. The second-order valence-electron chi connectivity index (χ2n) is 8.51. The molecule has 0 atom stereocenters. The third kappa shape index (κ3) is 5.10. The average molecular weight is 439 g/mol. The lowest BCUT2D eigenvalue weighted by Gasteiger charge is -2.49. The number of hydrogen-bond acceptors (Lipinski definition) is 5. The summed E-state index contributed by atoms with van der Waals surface area (Å²) in [5.74, 6) is 0.369. The molecule has 1 aromatic carbocycles. The Morgan fingerprint density at radius 3 is 2.33 bits per heavy atom. The van der Waals surface area contributed by atoms with E-state index in [0.717, 1.165) is 31.2 Å². The molecule has 168 valence electrons. The van der Waals surface area contributed by atoms with Gasteiger partial charge in [-0.15, -0.1) is 0 Å². The zero-order valence-corrected chi connectivity index (χ0v) is 19.5. The van der Waals surface area contributed by atoms with Gasteiger partial charge in [0.15, 0.2) is 5.79 Å². The highest BCUT2D eigenvalue weighted by molar-refractivity contribution is 6.32. The SMILES string of the molecule is CCOc1ccc(CC(=O)N(CC)CC2(N(C)C)CCC3(CC2)OCCO3)cc1Cl. The molecular weight excluding hydrogens is 404 g/mol. The van der Waals surface area contributed by atoms with Gasteiger partial charge in [-0.2, -0.15) is 0 Å². The van der Waals surface area contributed by atoms with Crippen molar-refractivity contribution in [2.75, 3.05) is 47.0 Å². The molecule has 0 radical (unpaired) electrons. The fraction of sp³-hybridized carbons (Fsp3) is 0.696. The lowest BCUT2D eigenvalue weighted by molar-refractivity contribution is -0.194. The van der Waals surface area contributed by atoms with E-state index in [4.69, 9.17) is 25.8 Å². The Morgan fingerprint density at radius 2 is 1.80 bits per heavy atom. The standard InChI is InChI=1S/C23H35ClN2O4/c1-5-26(21(27)16-18-7-8-20(28-6-2)19(24)15-18)17-22(25(3)4)9-11-23(12-10-22)29-13-14-30-23/h7-8,15H,5-6,9-14,16-17H2,1-4H3. The largest absolute Gasteiger partial charge is 0.492 e. The molecule has 0 unspecified atom stereocenters. The molecule has 0 N–H and O–H groups in total. The number of halogens is 1. The van der Waals surface area contributed by atoms with Gasteiger partial charge in [-0.3, -0.25) is 4.79 Å². The highest BCUT2D eigenvalue weighted by atomic mass is 35.5. The smallest absolute Gasteiger partial charge is 0.227 e. The molecule has 6 nitrogen and oxygen atoms in total. The van der Waals surface area contributed by atoms with Crippen LogP contribution in [0.25, 0.3) is 0 Å². The van der Waals surface area contributed by atoms with E-state index in [1.807, 2.05) is 36.9 Å². The zero-order chi connectivity index (χ0) is 21.8. The van der Waals surface area contributed by atoms with Crippen molar-refractivity contribution >= 4 is 17.5 Å². The quantitative estimate of drug-likeness (QED) is 0.618. The van der Waals surface area contributed by atoms with Crippen LogP contribution in [-0.2, 0) is 20.7 Å². The first-order valence-electron chi connectivity index (χ1n) is 11.0. The summed E-state index contributed by atoms with van der Waals surface area (Å²) in [6, 6.07) is 5.59. The minimum atomic E-state index is -0.403. The summed E-state index contributed by atoms with van der Waals surface area (Å²) in [4.78, 5) is 17.4. The molecule has 1 heterocycles. The normalized spacial score (nSPS) is 19.9. The van der Waals surface area contributed by atoms with Crippen LogP contribution in [0.5, 0.6) is 5.75 Å². The lowest BCUT2D eigenvalue weighted by atomic mass is 9.77. The van der Waals surface area contributed by atoms with E-state index in [2.05, 4.69) is 19.0 Å². The molecule has 0 bridgehead atoms. The van der Waals surface area contributed by atoms with E-state index in [9.17, 15) is 4.79 Å². The van der Waals surface area contributed by atoms with Crippen LogP contribution in [0.15, 0.2) is 18.2 Å². The summed E-state index contributed by atoms with van der Waals surface area (Å²) in [6.07, 6.45) is 3.95. The molecule has 1 saturated carbocycles. The lowest BCUT2D eigenvalue weighted by Crippen LogP contribution is -2.58. The maximum Gasteiger partial charge on any atom is 0.227 e. The van der Waals surface area contributed by atoms with Crippen LogP contribution in [-0.4, -0.2) is 74.0 Å². The Bertz CT molecular complexity index is 724. The summed E-state index contributed by atoms with van der Waals surface area (Å²) in [5.41, 5.74) is 0.837. The third-order valence-corrected chi connectivity index (χ3v) is 6.87. The first-order valence-corrected chi connectivity index (χ1v) is 11.4. The van der Waals surface area contributed by atoms with Gasteiger partial charge in [0.1, 0.15) is 5.75 Å². The topological polar surface area (TPSA) is 51.2 Å². The van der Waals surface area contributed by atoms with E-state index in [1.54, 1.807) is 0 Å². The monoisotopic (exact) mass is 438 g/mol. The van der Waals surface area contributed by atoms with E-state index < -0.39 is 5.79 Å². The molecule has 30 heavy (non-hydrogen) atoms. The van der Waals surface area contributed by atoms with Gasteiger partial charge >= 0.3 is 0 Å². The van der Waals surface area contributed by atoms with Gasteiger partial charge in [0.05, 0.1) is 31.3 Å². The number of hydrogen-bond donors (Lipinski definition) is 0. The van der Waals surface area contributed by atoms with Crippen molar-refractivity contribution in [3.8, 4) is 5.75 Å². The fourth-order valence-electron chi connectivity index (χ4n) is 4.57. The maximum absolute atomic E-state index is 13.1. The molecule has 2 aliphatic rings. The molecule has 1 saturated heterocycles. The Morgan fingerprint density at radius 1 is 1.13 bits per heavy atom. The Hall–Kier alpha value is -1.34. The molecule has 2 fully saturated rings. The van der Waals surface area contributed by atoms with Crippen LogP contribution in [0.2, 0.25) is 5.02 Å². The van der Waals surface area contributed by atoms with Crippen molar-refractivity contribution in [3.63, 3.8) is 0 Å². The summed E-state index contributed by atoms with van der Waals surface area (Å²) in [5, 5.41) is 0.545. The van der Waals surface area contributed by atoms with Crippen molar-refractivity contribution in [3.05, 3.63) is 28.8 Å². The van der Waals surface area contributed by atoms with E-state index >= 15 is 0 Å². The van der Waals surface area contributed by atoms with Crippen molar-refractivity contribution in [2.45, 2.75) is 57.3 Å². The van der Waals surface area contributed by atoms with Crippen LogP contribution in [0.4, 0.5) is 0 Å². The van der Waals surface area contributed by atoms with Gasteiger partial charge < -0.3 is 24.0 Å².